The Morgan fingerprint density at radius 3 is 1.28 bits per heavy atom. The molecule has 6 rings (SSSR count). The van der Waals surface area contributed by atoms with Gasteiger partial charge in [-0.2, -0.15) is 0 Å². The Balaban J connectivity index is 1.12. The zero-order valence-corrected chi connectivity index (χ0v) is 32.8. The number of rotatable bonds is 22. The highest BCUT2D eigenvalue weighted by Crippen LogP contribution is 2.48. The minimum Gasteiger partial charge on any atom is -0.463 e. The highest BCUT2D eigenvalue weighted by molar-refractivity contribution is 5.22. The molecule has 53 heavy (non-hydrogen) atoms. The fourth-order valence-electron chi connectivity index (χ4n) is 8.32. The van der Waals surface area contributed by atoms with E-state index in [1.165, 1.54) is 64.2 Å². The van der Waals surface area contributed by atoms with Crippen LogP contribution in [0.4, 0.5) is 0 Å². The molecule has 0 N–H and O–H groups in total. The van der Waals surface area contributed by atoms with Crippen LogP contribution in [0, 0.1) is 0 Å². The number of ether oxygens (including phenoxy) is 7. The normalized spacial score (nSPS) is 24.9. The summed E-state index contributed by atoms with van der Waals surface area (Å²) in [5.41, 5.74) is -0.0986. The molecule has 4 heterocycles. The molecule has 4 fully saturated rings. The molecule has 2 spiro atoms. The van der Waals surface area contributed by atoms with Crippen molar-refractivity contribution in [1.29, 1.82) is 0 Å². The Morgan fingerprint density at radius 2 is 0.887 bits per heavy atom. The molecule has 0 bridgehead atoms. The lowest BCUT2D eigenvalue weighted by Crippen LogP contribution is -2.43. The van der Waals surface area contributed by atoms with E-state index in [1.807, 2.05) is 24.8 Å². The van der Waals surface area contributed by atoms with E-state index in [0.29, 0.717) is 38.4 Å². The van der Waals surface area contributed by atoms with Crippen LogP contribution in [0.3, 0.4) is 0 Å². The molecule has 11 heteroatoms. The van der Waals surface area contributed by atoms with Gasteiger partial charge >= 0.3 is 12.0 Å². The minimum atomic E-state index is -0.872. The maximum absolute atomic E-state index is 6.97. The Bertz CT molecular complexity index is 1230. The van der Waals surface area contributed by atoms with E-state index < -0.39 is 22.8 Å². The number of nitrogens with zero attached hydrogens (tertiary/aromatic N) is 4. The van der Waals surface area contributed by atoms with Gasteiger partial charge in [-0.05, 0) is 38.5 Å². The Kier molecular flexibility index (Phi) is 15.1. The second-order valence-electron chi connectivity index (χ2n) is 15.9. The van der Waals surface area contributed by atoms with Crippen LogP contribution >= 0.6 is 0 Å². The van der Waals surface area contributed by atoms with Crippen LogP contribution in [-0.4, -0.2) is 71.2 Å². The summed E-state index contributed by atoms with van der Waals surface area (Å²) in [6.45, 7) is 6.91. The first-order valence-corrected chi connectivity index (χ1v) is 21.2. The van der Waals surface area contributed by atoms with Crippen molar-refractivity contribution in [2.75, 3.05) is 39.6 Å². The van der Waals surface area contributed by atoms with Crippen molar-refractivity contribution < 1.29 is 33.2 Å². The van der Waals surface area contributed by atoms with E-state index in [4.69, 9.17) is 33.2 Å². The summed E-state index contributed by atoms with van der Waals surface area (Å²) < 4.78 is 45.5. The van der Waals surface area contributed by atoms with Gasteiger partial charge in [0.25, 0.3) is 0 Å². The monoisotopic (exact) mass is 738 g/mol. The predicted molar refractivity (Wildman–Crippen MR) is 202 cm³/mol. The van der Waals surface area contributed by atoms with Crippen molar-refractivity contribution in [3.63, 3.8) is 0 Å². The first kappa shape index (κ1) is 40.2. The molecule has 2 aromatic rings. The van der Waals surface area contributed by atoms with Crippen molar-refractivity contribution >= 4 is 0 Å². The molecule has 0 unspecified atom stereocenters. The second-order valence-corrected chi connectivity index (χ2v) is 15.9. The zero-order chi connectivity index (χ0) is 36.7. The Labute approximate surface area is 318 Å². The van der Waals surface area contributed by atoms with Crippen LogP contribution in [0.15, 0.2) is 24.8 Å². The second kappa shape index (κ2) is 19.9. The number of hydrogen-bond acceptors (Lipinski definition) is 11. The minimum absolute atomic E-state index is 0.245. The SMILES string of the molecule is CCCCCCCCOc1ncc([C@]2(COC[C@@]3(c4cnc(OCCCCCCCC)nc4)COC4(CCCCC4)O3)COC3(CCCCC3)O2)cn1. The van der Waals surface area contributed by atoms with Crippen LogP contribution in [0.2, 0.25) is 0 Å². The van der Waals surface area contributed by atoms with Gasteiger partial charge in [0.05, 0.1) is 39.6 Å². The van der Waals surface area contributed by atoms with E-state index in [1.54, 1.807) is 0 Å². The van der Waals surface area contributed by atoms with Gasteiger partial charge in [-0.3, -0.25) is 0 Å². The number of aromatic nitrogens is 4. The van der Waals surface area contributed by atoms with Crippen LogP contribution in [0.1, 0.15) is 166 Å². The van der Waals surface area contributed by atoms with Gasteiger partial charge in [-0.25, -0.2) is 19.9 Å². The number of hydrogen-bond donors (Lipinski definition) is 0. The van der Waals surface area contributed by atoms with Gasteiger partial charge in [-0.1, -0.05) is 90.9 Å². The van der Waals surface area contributed by atoms with E-state index >= 15 is 0 Å². The summed E-state index contributed by atoms with van der Waals surface area (Å²) in [5, 5.41) is 0. The summed E-state index contributed by atoms with van der Waals surface area (Å²) in [4.78, 5) is 18.4. The Morgan fingerprint density at radius 1 is 0.509 bits per heavy atom. The van der Waals surface area contributed by atoms with Crippen LogP contribution in [-0.2, 0) is 34.9 Å². The zero-order valence-electron chi connectivity index (χ0n) is 32.8. The average molecular weight is 739 g/mol. The van der Waals surface area contributed by atoms with Crippen molar-refractivity contribution in [2.45, 2.75) is 178 Å². The molecular weight excluding hydrogens is 672 g/mol. The van der Waals surface area contributed by atoms with Gasteiger partial charge in [0.1, 0.15) is 11.2 Å². The Hall–Kier alpha value is -2.44. The molecule has 2 saturated carbocycles. The molecule has 296 valence electrons. The molecule has 11 nitrogen and oxygen atoms in total. The largest absolute Gasteiger partial charge is 0.463 e. The fraction of sp³-hybridized carbons (Fsp3) is 0.810. The first-order valence-electron chi connectivity index (χ1n) is 21.2. The molecule has 2 aliphatic carbocycles. The van der Waals surface area contributed by atoms with Crippen molar-refractivity contribution in [3.05, 3.63) is 35.9 Å². The lowest BCUT2D eigenvalue weighted by Gasteiger charge is -2.37. The van der Waals surface area contributed by atoms with Crippen molar-refractivity contribution in [3.8, 4) is 12.0 Å². The van der Waals surface area contributed by atoms with Gasteiger partial charge in [-0.15, -0.1) is 0 Å². The summed E-state index contributed by atoms with van der Waals surface area (Å²) in [6, 6.07) is 0.773. The van der Waals surface area contributed by atoms with Gasteiger partial charge < -0.3 is 33.2 Å². The lowest BCUT2D eigenvalue weighted by molar-refractivity contribution is -0.229. The lowest BCUT2D eigenvalue weighted by atomic mass is 9.93. The number of unbranched alkanes of at least 4 members (excludes halogenated alkanes) is 10. The molecule has 0 radical (unpaired) electrons. The van der Waals surface area contributed by atoms with Crippen LogP contribution in [0.25, 0.3) is 0 Å². The summed E-state index contributed by atoms with van der Waals surface area (Å²) >= 11 is 0. The molecule has 2 atom stereocenters. The molecule has 2 aromatic heterocycles. The van der Waals surface area contributed by atoms with Crippen LogP contribution < -0.4 is 9.47 Å². The third-order valence-electron chi connectivity index (χ3n) is 11.6. The smallest absolute Gasteiger partial charge is 0.316 e. The van der Waals surface area contributed by atoms with E-state index in [-0.39, 0.29) is 13.2 Å². The van der Waals surface area contributed by atoms with Crippen molar-refractivity contribution in [1.82, 2.24) is 19.9 Å². The molecule has 2 saturated heterocycles. The summed E-state index contributed by atoms with van der Waals surface area (Å²) in [5.74, 6) is -1.24. The van der Waals surface area contributed by atoms with Crippen LogP contribution in [0.5, 0.6) is 12.0 Å². The maximum atomic E-state index is 6.97. The summed E-state index contributed by atoms with van der Waals surface area (Å²) in [6.07, 6.45) is 31.9. The third-order valence-corrected chi connectivity index (χ3v) is 11.6. The topological polar surface area (TPSA) is 116 Å². The predicted octanol–water partition coefficient (Wildman–Crippen LogP) is 9.27. The fourth-order valence-corrected chi connectivity index (χ4v) is 8.32. The molecule has 2 aliphatic heterocycles. The standard InChI is InChI=1S/C42H66N4O7/c1-3-5-7-9-11-19-25-48-37-43-27-35(28-44-37)39(33-50-41(52-39)21-15-13-16-22-41)31-47-32-40(34-51-42(53-40)23-17-14-18-24-42)36-29-45-38(46-30-36)49-26-20-12-10-8-6-4-2/h27-30H,3-26,31-34H2,1-2H3/t39-,40-/m0/s1. The summed E-state index contributed by atoms with van der Waals surface area (Å²) in [7, 11) is 0. The molecule has 0 aromatic carbocycles. The highest BCUT2D eigenvalue weighted by atomic mass is 16.8. The molecule has 4 aliphatic rings. The maximum Gasteiger partial charge on any atom is 0.316 e. The first-order chi connectivity index (χ1) is 26.0. The average Bonchev–Trinajstić information content (AvgIpc) is 3.73. The quantitative estimate of drug-likeness (QED) is 0.108. The van der Waals surface area contributed by atoms with E-state index in [9.17, 15) is 0 Å². The van der Waals surface area contributed by atoms with Gasteiger partial charge in [0, 0.05) is 61.6 Å². The van der Waals surface area contributed by atoms with Gasteiger partial charge in [0.15, 0.2) is 11.6 Å². The van der Waals surface area contributed by atoms with Crippen molar-refractivity contribution in [2.24, 2.45) is 0 Å². The van der Waals surface area contributed by atoms with E-state index in [0.717, 1.165) is 88.2 Å². The van der Waals surface area contributed by atoms with E-state index in [2.05, 4.69) is 33.8 Å². The highest BCUT2D eigenvalue weighted by Gasteiger charge is 2.55. The third kappa shape index (κ3) is 10.9. The molecule has 0 amide bonds. The van der Waals surface area contributed by atoms with Gasteiger partial charge in [0.2, 0.25) is 0 Å². The molecular formula is C42H66N4O7.